The molecule has 15 heavy (non-hydrogen) atoms. The van der Waals surface area contributed by atoms with E-state index in [1.54, 1.807) is 0 Å². The molecule has 1 aromatic heterocycles. The van der Waals surface area contributed by atoms with Gasteiger partial charge in [-0.2, -0.15) is 0 Å². The Kier molecular flexibility index (Phi) is 2.35. The summed E-state index contributed by atoms with van der Waals surface area (Å²) in [6, 6.07) is 6.14. The third kappa shape index (κ3) is 1.56. The fourth-order valence-corrected chi connectivity index (χ4v) is 1.93. The summed E-state index contributed by atoms with van der Waals surface area (Å²) >= 11 is 0. The first kappa shape index (κ1) is 9.97. The summed E-state index contributed by atoms with van der Waals surface area (Å²) in [4.78, 5) is 14.4. The standard InChI is InChI=1S/C13H15NO/c1-8(2)13-11(7-15)10-6-9(3)4-5-12(10)14-13/h4-8,14H,1-3H3. The van der Waals surface area contributed by atoms with Gasteiger partial charge in [-0.05, 0) is 25.0 Å². The number of nitrogens with one attached hydrogen (secondary N) is 1. The van der Waals surface area contributed by atoms with E-state index in [2.05, 4.69) is 31.0 Å². The van der Waals surface area contributed by atoms with Crippen LogP contribution in [0.5, 0.6) is 0 Å². The van der Waals surface area contributed by atoms with Gasteiger partial charge in [-0.15, -0.1) is 0 Å². The number of aromatic amines is 1. The zero-order valence-electron chi connectivity index (χ0n) is 9.29. The monoisotopic (exact) mass is 201 g/mol. The van der Waals surface area contributed by atoms with Gasteiger partial charge >= 0.3 is 0 Å². The van der Waals surface area contributed by atoms with E-state index in [-0.39, 0.29) is 0 Å². The van der Waals surface area contributed by atoms with E-state index in [0.717, 1.165) is 28.4 Å². The lowest BCUT2D eigenvalue weighted by Crippen LogP contribution is -1.92. The SMILES string of the molecule is Cc1ccc2[nH]c(C(C)C)c(C=O)c2c1. The van der Waals surface area contributed by atoms with E-state index in [4.69, 9.17) is 0 Å². The molecule has 2 aromatic rings. The Labute approximate surface area is 89.3 Å². The first-order valence-electron chi connectivity index (χ1n) is 5.21. The number of H-pyrrole nitrogens is 1. The van der Waals surface area contributed by atoms with Crippen LogP contribution in [0.2, 0.25) is 0 Å². The van der Waals surface area contributed by atoms with Crippen molar-refractivity contribution in [3.05, 3.63) is 35.0 Å². The Morgan fingerprint density at radius 3 is 2.67 bits per heavy atom. The molecule has 1 aromatic carbocycles. The van der Waals surface area contributed by atoms with Crippen LogP contribution in [0.1, 0.15) is 41.4 Å². The quantitative estimate of drug-likeness (QED) is 0.742. The van der Waals surface area contributed by atoms with E-state index in [1.165, 1.54) is 5.56 Å². The summed E-state index contributed by atoms with van der Waals surface area (Å²) in [6.07, 6.45) is 0.952. The molecule has 0 aliphatic carbocycles. The predicted octanol–water partition coefficient (Wildman–Crippen LogP) is 3.41. The zero-order chi connectivity index (χ0) is 11.0. The molecule has 0 fully saturated rings. The number of fused-ring (bicyclic) bond motifs is 1. The summed E-state index contributed by atoms with van der Waals surface area (Å²) in [6.45, 7) is 6.21. The number of benzene rings is 1. The second-order valence-electron chi connectivity index (χ2n) is 4.27. The highest BCUT2D eigenvalue weighted by Crippen LogP contribution is 2.26. The van der Waals surface area contributed by atoms with Crippen molar-refractivity contribution in [2.45, 2.75) is 26.7 Å². The molecule has 0 spiro atoms. The van der Waals surface area contributed by atoms with Gasteiger partial charge in [0.1, 0.15) is 0 Å². The number of hydrogen-bond donors (Lipinski definition) is 1. The lowest BCUT2D eigenvalue weighted by molar-refractivity contribution is 0.112. The van der Waals surface area contributed by atoms with Gasteiger partial charge in [-0.25, -0.2) is 0 Å². The van der Waals surface area contributed by atoms with Gasteiger partial charge in [-0.1, -0.05) is 25.5 Å². The number of carbonyl (C=O) groups is 1. The second kappa shape index (κ2) is 3.54. The zero-order valence-corrected chi connectivity index (χ0v) is 9.29. The van der Waals surface area contributed by atoms with Crippen LogP contribution < -0.4 is 0 Å². The van der Waals surface area contributed by atoms with Crippen LogP contribution in [0.25, 0.3) is 10.9 Å². The van der Waals surface area contributed by atoms with Gasteiger partial charge in [0, 0.05) is 22.2 Å². The predicted molar refractivity (Wildman–Crippen MR) is 62.5 cm³/mol. The van der Waals surface area contributed by atoms with Crippen molar-refractivity contribution in [2.75, 3.05) is 0 Å². The molecular formula is C13H15NO. The van der Waals surface area contributed by atoms with E-state index in [9.17, 15) is 4.79 Å². The number of aldehydes is 1. The van der Waals surface area contributed by atoms with Crippen LogP contribution in [0.3, 0.4) is 0 Å². The number of carbonyl (C=O) groups excluding carboxylic acids is 1. The van der Waals surface area contributed by atoms with Crippen molar-refractivity contribution < 1.29 is 4.79 Å². The molecule has 0 aliphatic rings. The van der Waals surface area contributed by atoms with Crippen molar-refractivity contribution >= 4 is 17.2 Å². The summed E-state index contributed by atoms with van der Waals surface area (Å²) in [5.41, 5.74) is 4.07. The van der Waals surface area contributed by atoms with Crippen LogP contribution in [0.4, 0.5) is 0 Å². The highest BCUT2D eigenvalue weighted by Gasteiger charge is 2.12. The Balaban J connectivity index is 2.79. The third-order valence-electron chi connectivity index (χ3n) is 2.72. The molecule has 0 amide bonds. The maximum Gasteiger partial charge on any atom is 0.152 e. The first-order valence-corrected chi connectivity index (χ1v) is 5.21. The highest BCUT2D eigenvalue weighted by molar-refractivity contribution is 5.99. The van der Waals surface area contributed by atoms with Crippen molar-refractivity contribution in [1.29, 1.82) is 0 Å². The molecule has 1 heterocycles. The Morgan fingerprint density at radius 2 is 2.07 bits per heavy atom. The molecule has 1 N–H and O–H groups in total. The molecule has 78 valence electrons. The minimum Gasteiger partial charge on any atom is -0.358 e. The van der Waals surface area contributed by atoms with Crippen molar-refractivity contribution in [2.24, 2.45) is 0 Å². The summed E-state index contributed by atoms with van der Waals surface area (Å²) in [5, 5.41) is 1.04. The maximum atomic E-state index is 11.1. The van der Waals surface area contributed by atoms with Gasteiger partial charge in [-0.3, -0.25) is 4.79 Å². The molecule has 0 saturated carbocycles. The van der Waals surface area contributed by atoms with E-state index >= 15 is 0 Å². The van der Waals surface area contributed by atoms with E-state index in [0.29, 0.717) is 5.92 Å². The molecule has 2 rings (SSSR count). The average Bonchev–Trinajstić information content (AvgIpc) is 2.55. The fourth-order valence-electron chi connectivity index (χ4n) is 1.93. The normalized spacial score (nSPS) is 11.2. The highest BCUT2D eigenvalue weighted by atomic mass is 16.1. The molecule has 2 heteroatoms. The average molecular weight is 201 g/mol. The Hall–Kier alpha value is -1.57. The smallest absolute Gasteiger partial charge is 0.152 e. The first-order chi connectivity index (χ1) is 7.13. The number of hydrogen-bond acceptors (Lipinski definition) is 1. The van der Waals surface area contributed by atoms with Crippen molar-refractivity contribution in [3.8, 4) is 0 Å². The molecule has 0 atom stereocenters. The minimum absolute atomic E-state index is 0.345. The van der Waals surface area contributed by atoms with E-state index < -0.39 is 0 Å². The molecule has 0 radical (unpaired) electrons. The van der Waals surface area contributed by atoms with Crippen LogP contribution in [0.15, 0.2) is 18.2 Å². The number of aryl methyl sites for hydroxylation is 1. The third-order valence-corrected chi connectivity index (χ3v) is 2.72. The Morgan fingerprint density at radius 1 is 1.33 bits per heavy atom. The van der Waals surface area contributed by atoms with Crippen LogP contribution in [0, 0.1) is 6.92 Å². The topological polar surface area (TPSA) is 32.9 Å². The van der Waals surface area contributed by atoms with Crippen LogP contribution in [-0.2, 0) is 0 Å². The Bertz CT molecular complexity index is 508. The summed E-state index contributed by atoms with van der Waals surface area (Å²) < 4.78 is 0. The minimum atomic E-state index is 0.345. The van der Waals surface area contributed by atoms with Crippen LogP contribution in [-0.4, -0.2) is 11.3 Å². The van der Waals surface area contributed by atoms with Crippen LogP contribution >= 0.6 is 0 Å². The maximum absolute atomic E-state index is 11.1. The van der Waals surface area contributed by atoms with Crippen molar-refractivity contribution in [3.63, 3.8) is 0 Å². The fraction of sp³-hybridized carbons (Fsp3) is 0.308. The summed E-state index contributed by atoms with van der Waals surface area (Å²) in [7, 11) is 0. The molecule has 0 bridgehead atoms. The lowest BCUT2D eigenvalue weighted by Gasteiger charge is -2.01. The van der Waals surface area contributed by atoms with Gasteiger partial charge < -0.3 is 4.98 Å². The lowest BCUT2D eigenvalue weighted by atomic mass is 10.0. The number of aromatic nitrogens is 1. The van der Waals surface area contributed by atoms with Crippen molar-refractivity contribution in [1.82, 2.24) is 4.98 Å². The molecule has 0 unspecified atom stereocenters. The second-order valence-corrected chi connectivity index (χ2v) is 4.27. The van der Waals surface area contributed by atoms with E-state index in [1.807, 2.05) is 13.0 Å². The molecule has 0 aliphatic heterocycles. The number of rotatable bonds is 2. The van der Waals surface area contributed by atoms with Gasteiger partial charge in [0.2, 0.25) is 0 Å². The van der Waals surface area contributed by atoms with Gasteiger partial charge in [0.05, 0.1) is 0 Å². The molecule has 0 saturated heterocycles. The van der Waals surface area contributed by atoms with Gasteiger partial charge in [0.25, 0.3) is 0 Å². The molecule has 2 nitrogen and oxygen atoms in total. The largest absolute Gasteiger partial charge is 0.358 e. The summed E-state index contributed by atoms with van der Waals surface area (Å²) in [5.74, 6) is 0.345. The molecular weight excluding hydrogens is 186 g/mol. The van der Waals surface area contributed by atoms with Gasteiger partial charge in [0.15, 0.2) is 6.29 Å².